The van der Waals surface area contributed by atoms with E-state index in [4.69, 9.17) is 0 Å². The van der Waals surface area contributed by atoms with Crippen LogP contribution in [-0.4, -0.2) is 17.8 Å². The average Bonchev–Trinajstić information content (AvgIpc) is 2.38. The number of benzene rings is 1. The fourth-order valence-electron chi connectivity index (χ4n) is 1.66. The maximum absolute atomic E-state index is 13.6. The molecule has 1 aromatic heterocycles. The Labute approximate surface area is 105 Å². The van der Waals surface area contributed by atoms with Crippen LogP contribution >= 0.6 is 0 Å². The van der Waals surface area contributed by atoms with Crippen LogP contribution in [0, 0.1) is 5.82 Å². The molecule has 4 heteroatoms. The van der Waals surface area contributed by atoms with Crippen LogP contribution < -0.4 is 4.90 Å². The van der Waals surface area contributed by atoms with Crippen molar-refractivity contribution in [3.05, 3.63) is 54.1 Å². The number of rotatable bonds is 3. The van der Waals surface area contributed by atoms with Crippen molar-refractivity contribution in [2.24, 2.45) is 0 Å². The monoisotopic (exact) mass is 244 g/mol. The first kappa shape index (κ1) is 12.2. The standard InChI is InChI=1S/C14H13FN2O/c1-10(18)13-8-7-11(9-16-13)17(2)14-6-4-3-5-12(14)15/h3-9H,1-2H3. The zero-order valence-corrected chi connectivity index (χ0v) is 10.2. The number of aromatic nitrogens is 1. The molecular formula is C14H13FN2O. The van der Waals surface area contributed by atoms with E-state index in [1.165, 1.54) is 13.0 Å². The highest BCUT2D eigenvalue weighted by molar-refractivity contribution is 5.92. The summed E-state index contributed by atoms with van der Waals surface area (Å²) in [5.41, 5.74) is 1.60. The second kappa shape index (κ2) is 4.96. The van der Waals surface area contributed by atoms with Crippen molar-refractivity contribution in [3.63, 3.8) is 0 Å². The maximum Gasteiger partial charge on any atom is 0.178 e. The first-order valence-corrected chi connectivity index (χ1v) is 5.55. The van der Waals surface area contributed by atoms with Crippen LogP contribution in [0.5, 0.6) is 0 Å². The van der Waals surface area contributed by atoms with Gasteiger partial charge in [0.15, 0.2) is 5.78 Å². The molecule has 1 aromatic carbocycles. The van der Waals surface area contributed by atoms with Crippen LogP contribution in [0.2, 0.25) is 0 Å². The van der Waals surface area contributed by atoms with Crippen molar-refractivity contribution in [1.29, 1.82) is 0 Å². The minimum atomic E-state index is -0.296. The number of hydrogen-bond donors (Lipinski definition) is 0. The Kier molecular flexibility index (Phi) is 3.37. The zero-order valence-electron chi connectivity index (χ0n) is 10.2. The predicted molar refractivity (Wildman–Crippen MR) is 68.7 cm³/mol. The topological polar surface area (TPSA) is 33.2 Å². The number of halogens is 1. The molecule has 0 unspecified atom stereocenters. The van der Waals surface area contributed by atoms with E-state index in [9.17, 15) is 9.18 Å². The molecule has 92 valence electrons. The Balaban J connectivity index is 2.32. The molecule has 0 aliphatic heterocycles. The summed E-state index contributed by atoms with van der Waals surface area (Å²) < 4.78 is 13.6. The summed E-state index contributed by atoms with van der Waals surface area (Å²) >= 11 is 0. The fourth-order valence-corrected chi connectivity index (χ4v) is 1.66. The van der Waals surface area contributed by atoms with Gasteiger partial charge in [0.1, 0.15) is 11.5 Å². The molecule has 1 heterocycles. The maximum atomic E-state index is 13.6. The second-order valence-electron chi connectivity index (χ2n) is 3.97. The fraction of sp³-hybridized carbons (Fsp3) is 0.143. The molecule has 0 saturated heterocycles. The van der Waals surface area contributed by atoms with E-state index >= 15 is 0 Å². The van der Waals surface area contributed by atoms with Crippen LogP contribution in [0.1, 0.15) is 17.4 Å². The number of hydrogen-bond acceptors (Lipinski definition) is 3. The van der Waals surface area contributed by atoms with E-state index in [2.05, 4.69) is 4.98 Å². The molecule has 0 bridgehead atoms. The molecule has 0 fully saturated rings. The van der Waals surface area contributed by atoms with Gasteiger partial charge in [-0.25, -0.2) is 4.39 Å². The van der Waals surface area contributed by atoms with E-state index in [1.54, 1.807) is 48.5 Å². The number of para-hydroxylation sites is 1. The summed E-state index contributed by atoms with van der Waals surface area (Å²) in [6, 6.07) is 9.89. The summed E-state index contributed by atoms with van der Waals surface area (Å²) in [5, 5.41) is 0. The molecule has 0 aliphatic rings. The molecule has 3 nitrogen and oxygen atoms in total. The van der Waals surface area contributed by atoms with Crippen molar-refractivity contribution in [2.75, 3.05) is 11.9 Å². The Bertz CT molecular complexity index is 566. The van der Waals surface area contributed by atoms with Gasteiger partial charge in [0.2, 0.25) is 0 Å². The summed E-state index contributed by atoms with van der Waals surface area (Å²) in [4.78, 5) is 16.8. The second-order valence-corrected chi connectivity index (χ2v) is 3.97. The highest BCUT2D eigenvalue weighted by Crippen LogP contribution is 2.25. The third-order valence-electron chi connectivity index (χ3n) is 2.71. The third kappa shape index (κ3) is 2.37. The van der Waals surface area contributed by atoms with Gasteiger partial charge in [-0.1, -0.05) is 12.1 Å². The van der Waals surface area contributed by atoms with Gasteiger partial charge in [-0.15, -0.1) is 0 Å². The Morgan fingerprint density at radius 3 is 2.50 bits per heavy atom. The van der Waals surface area contributed by atoms with E-state index in [0.29, 0.717) is 11.4 Å². The minimum Gasteiger partial charge on any atom is -0.341 e. The van der Waals surface area contributed by atoms with Crippen molar-refractivity contribution >= 4 is 17.2 Å². The Hall–Kier alpha value is -2.23. The van der Waals surface area contributed by atoms with Crippen LogP contribution in [-0.2, 0) is 0 Å². The molecule has 2 rings (SSSR count). The summed E-state index contributed by atoms with van der Waals surface area (Å²) in [6.45, 7) is 1.46. The van der Waals surface area contributed by atoms with Crippen LogP contribution in [0.15, 0.2) is 42.6 Å². The van der Waals surface area contributed by atoms with Gasteiger partial charge in [0.25, 0.3) is 0 Å². The lowest BCUT2D eigenvalue weighted by atomic mass is 10.2. The molecular weight excluding hydrogens is 231 g/mol. The molecule has 0 atom stereocenters. The molecule has 0 spiro atoms. The van der Waals surface area contributed by atoms with Gasteiger partial charge >= 0.3 is 0 Å². The lowest BCUT2D eigenvalue weighted by Crippen LogP contribution is -2.11. The van der Waals surface area contributed by atoms with Crippen LogP contribution in [0.4, 0.5) is 15.8 Å². The van der Waals surface area contributed by atoms with Crippen molar-refractivity contribution < 1.29 is 9.18 Å². The number of nitrogens with zero attached hydrogens (tertiary/aromatic N) is 2. The molecule has 0 saturated carbocycles. The minimum absolute atomic E-state index is 0.0879. The lowest BCUT2D eigenvalue weighted by molar-refractivity contribution is 0.101. The lowest BCUT2D eigenvalue weighted by Gasteiger charge is -2.19. The Morgan fingerprint density at radius 1 is 1.22 bits per heavy atom. The van der Waals surface area contributed by atoms with Gasteiger partial charge in [0.05, 0.1) is 17.6 Å². The largest absolute Gasteiger partial charge is 0.341 e. The highest BCUT2D eigenvalue weighted by atomic mass is 19.1. The quantitative estimate of drug-likeness (QED) is 0.777. The molecule has 0 amide bonds. The SMILES string of the molecule is CC(=O)c1ccc(N(C)c2ccccc2F)cn1. The Morgan fingerprint density at radius 2 is 1.94 bits per heavy atom. The van der Waals surface area contributed by atoms with Crippen molar-refractivity contribution in [1.82, 2.24) is 4.98 Å². The van der Waals surface area contributed by atoms with Crippen molar-refractivity contribution in [3.8, 4) is 0 Å². The van der Waals surface area contributed by atoms with Crippen molar-refractivity contribution in [2.45, 2.75) is 6.92 Å². The normalized spacial score (nSPS) is 10.2. The molecule has 0 aliphatic carbocycles. The van der Waals surface area contributed by atoms with Gasteiger partial charge in [0, 0.05) is 14.0 Å². The molecule has 0 radical (unpaired) electrons. The van der Waals surface area contributed by atoms with Gasteiger partial charge in [-0.2, -0.15) is 0 Å². The zero-order chi connectivity index (χ0) is 13.1. The smallest absolute Gasteiger partial charge is 0.178 e. The summed E-state index contributed by atoms with van der Waals surface area (Å²) in [6.07, 6.45) is 1.56. The first-order chi connectivity index (χ1) is 8.59. The number of pyridine rings is 1. The predicted octanol–water partition coefficient (Wildman–Crippen LogP) is 3.19. The number of Topliss-reactive ketones (excluding diaryl/α,β-unsaturated/α-hetero) is 1. The van der Waals surface area contributed by atoms with Crippen LogP contribution in [0.25, 0.3) is 0 Å². The van der Waals surface area contributed by atoms with Gasteiger partial charge < -0.3 is 4.90 Å². The number of carbonyl (C=O) groups excluding carboxylic acids is 1. The first-order valence-electron chi connectivity index (χ1n) is 5.55. The molecule has 0 N–H and O–H groups in total. The number of ketones is 1. The van der Waals surface area contributed by atoms with Crippen LogP contribution in [0.3, 0.4) is 0 Å². The molecule has 2 aromatic rings. The van der Waals surface area contributed by atoms with E-state index in [-0.39, 0.29) is 11.6 Å². The third-order valence-corrected chi connectivity index (χ3v) is 2.71. The van der Waals surface area contributed by atoms with E-state index in [0.717, 1.165) is 5.69 Å². The van der Waals surface area contributed by atoms with Gasteiger partial charge in [-0.3, -0.25) is 9.78 Å². The highest BCUT2D eigenvalue weighted by Gasteiger charge is 2.09. The summed E-state index contributed by atoms with van der Waals surface area (Å²) in [7, 11) is 1.75. The van der Waals surface area contributed by atoms with Gasteiger partial charge in [-0.05, 0) is 24.3 Å². The van der Waals surface area contributed by atoms with E-state index in [1.807, 2.05) is 0 Å². The average molecular weight is 244 g/mol. The number of carbonyl (C=O) groups is 1. The van der Waals surface area contributed by atoms with E-state index < -0.39 is 0 Å². The number of anilines is 2. The summed E-state index contributed by atoms with van der Waals surface area (Å²) in [5.74, 6) is -0.384. The molecule has 18 heavy (non-hydrogen) atoms.